The van der Waals surface area contributed by atoms with Gasteiger partial charge in [-0.2, -0.15) is 5.26 Å². The standard InChI is InChI=1S/C13H11N3O2/c14-7-8-1-3-9(4-2-8)13(10-5-6-10)11(17)15-12(18)16-13/h1-4,10H,5-6H2,(H2,15,16,17,18). The lowest BCUT2D eigenvalue weighted by Gasteiger charge is -2.26. The Labute approximate surface area is 104 Å². The first-order valence-corrected chi connectivity index (χ1v) is 5.81. The molecule has 90 valence electrons. The van der Waals surface area contributed by atoms with Gasteiger partial charge in [0, 0.05) is 0 Å². The number of benzene rings is 1. The third kappa shape index (κ3) is 1.39. The highest BCUT2D eigenvalue weighted by atomic mass is 16.2. The monoisotopic (exact) mass is 241 g/mol. The fourth-order valence-electron chi connectivity index (χ4n) is 2.52. The predicted octanol–water partition coefficient (Wildman–Crippen LogP) is 1.00. The van der Waals surface area contributed by atoms with Gasteiger partial charge >= 0.3 is 6.03 Å². The van der Waals surface area contributed by atoms with E-state index in [-0.39, 0.29) is 11.8 Å². The molecule has 5 nitrogen and oxygen atoms in total. The van der Waals surface area contributed by atoms with E-state index in [1.807, 2.05) is 6.07 Å². The molecule has 3 rings (SSSR count). The summed E-state index contributed by atoms with van der Waals surface area (Å²) < 4.78 is 0. The van der Waals surface area contributed by atoms with Crippen LogP contribution in [-0.2, 0) is 10.3 Å². The van der Waals surface area contributed by atoms with E-state index in [1.165, 1.54) is 0 Å². The Morgan fingerprint density at radius 1 is 1.22 bits per heavy atom. The van der Waals surface area contributed by atoms with Crippen molar-refractivity contribution in [1.82, 2.24) is 10.6 Å². The Kier molecular flexibility index (Phi) is 2.14. The van der Waals surface area contributed by atoms with Crippen LogP contribution in [0.4, 0.5) is 4.79 Å². The zero-order chi connectivity index (χ0) is 12.8. The van der Waals surface area contributed by atoms with Crippen LogP contribution < -0.4 is 10.6 Å². The second-order valence-electron chi connectivity index (χ2n) is 4.68. The summed E-state index contributed by atoms with van der Waals surface area (Å²) in [4.78, 5) is 23.5. The van der Waals surface area contributed by atoms with Gasteiger partial charge in [-0.15, -0.1) is 0 Å². The first-order chi connectivity index (χ1) is 8.66. The van der Waals surface area contributed by atoms with Gasteiger partial charge < -0.3 is 5.32 Å². The third-order valence-electron chi connectivity index (χ3n) is 3.55. The van der Waals surface area contributed by atoms with Gasteiger partial charge in [0.15, 0.2) is 0 Å². The van der Waals surface area contributed by atoms with E-state index < -0.39 is 11.6 Å². The molecular weight excluding hydrogens is 230 g/mol. The zero-order valence-electron chi connectivity index (χ0n) is 9.56. The highest BCUT2D eigenvalue weighted by Crippen LogP contribution is 2.47. The molecular formula is C13H11N3O2. The van der Waals surface area contributed by atoms with Gasteiger partial charge in [-0.25, -0.2) is 4.79 Å². The lowest BCUT2D eigenvalue weighted by Crippen LogP contribution is -2.45. The van der Waals surface area contributed by atoms with Crippen molar-refractivity contribution in [1.29, 1.82) is 5.26 Å². The molecule has 1 saturated heterocycles. The Hall–Kier alpha value is -2.35. The highest BCUT2D eigenvalue weighted by molar-refractivity contribution is 6.07. The minimum atomic E-state index is -0.939. The molecule has 2 aliphatic rings. The number of amides is 3. The molecule has 1 aromatic carbocycles. The Balaban J connectivity index is 2.07. The van der Waals surface area contributed by atoms with Crippen LogP contribution in [-0.4, -0.2) is 11.9 Å². The number of carbonyl (C=O) groups excluding carboxylic acids is 2. The molecule has 1 atom stereocenters. The average Bonchev–Trinajstić information content (AvgIpc) is 3.16. The van der Waals surface area contributed by atoms with Crippen molar-refractivity contribution in [3.05, 3.63) is 35.4 Å². The molecule has 0 radical (unpaired) electrons. The van der Waals surface area contributed by atoms with Crippen LogP contribution in [0, 0.1) is 17.2 Å². The Bertz CT molecular complexity index is 569. The minimum Gasteiger partial charge on any atom is -0.319 e. The summed E-state index contributed by atoms with van der Waals surface area (Å²) in [6.45, 7) is 0. The first-order valence-electron chi connectivity index (χ1n) is 5.81. The molecule has 1 unspecified atom stereocenters. The molecule has 1 aliphatic heterocycles. The summed E-state index contributed by atoms with van der Waals surface area (Å²) in [5, 5.41) is 13.8. The van der Waals surface area contributed by atoms with Crippen molar-refractivity contribution in [2.24, 2.45) is 5.92 Å². The lowest BCUT2D eigenvalue weighted by atomic mass is 9.84. The number of nitrogens with zero attached hydrogens (tertiary/aromatic N) is 1. The van der Waals surface area contributed by atoms with E-state index in [2.05, 4.69) is 10.6 Å². The first kappa shape index (κ1) is 10.8. The maximum absolute atomic E-state index is 12.1. The van der Waals surface area contributed by atoms with E-state index >= 15 is 0 Å². The van der Waals surface area contributed by atoms with Crippen LogP contribution in [0.1, 0.15) is 24.0 Å². The third-order valence-corrected chi connectivity index (χ3v) is 3.55. The van der Waals surface area contributed by atoms with E-state index in [0.717, 1.165) is 18.4 Å². The van der Waals surface area contributed by atoms with Crippen molar-refractivity contribution in [2.45, 2.75) is 18.4 Å². The van der Waals surface area contributed by atoms with Crippen LogP contribution in [0.5, 0.6) is 0 Å². The van der Waals surface area contributed by atoms with Crippen molar-refractivity contribution >= 4 is 11.9 Å². The lowest BCUT2D eigenvalue weighted by molar-refractivity contribution is -0.125. The quantitative estimate of drug-likeness (QED) is 0.758. The second-order valence-corrected chi connectivity index (χ2v) is 4.68. The van der Waals surface area contributed by atoms with Gasteiger partial charge in [-0.05, 0) is 36.5 Å². The SMILES string of the molecule is N#Cc1ccc(C2(C3CC3)NC(=O)NC2=O)cc1. The molecule has 18 heavy (non-hydrogen) atoms. The number of nitriles is 1. The minimum absolute atomic E-state index is 0.150. The molecule has 2 fully saturated rings. The zero-order valence-corrected chi connectivity index (χ0v) is 9.56. The maximum atomic E-state index is 12.1. The summed E-state index contributed by atoms with van der Waals surface area (Å²) in [5.74, 6) is -0.142. The molecule has 1 aliphatic carbocycles. The van der Waals surface area contributed by atoms with Gasteiger partial charge in [-0.1, -0.05) is 12.1 Å². The Morgan fingerprint density at radius 2 is 1.89 bits per heavy atom. The van der Waals surface area contributed by atoms with Gasteiger partial charge in [0.1, 0.15) is 5.54 Å². The number of nitrogens with one attached hydrogen (secondary N) is 2. The normalized spacial score (nSPS) is 26.4. The molecule has 3 amide bonds. The van der Waals surface area contributed by atoms with Crippen LogP contribution in [0.3, 0.4) is 0 Å². The topological polar surface area (TPSA) is 82.0 Å². The Morgan fingerprint density at radius 3 is 2.33 bits per heavy atom. The van der Waals surface area contributed by atoms with Crippen molar-refractivity contribution in [3.8, 4) is 6.07 Å². The smallest absolute Gasteiger partial charge is 0.319 e. The molecule has 0 aromatic heterocycles. The highest BCUT2D eigenvalue weighted by Gasteiger charge is 2.57. The second kappa shape index (κ2) is 3.57. The van der Waals surface area contributed by atoms with E-state index in [9.17, 15) is 9.59 Å². The predicted molar refractivity (Wildman–Crippen MR) is 62.2 cm³/mol. The maximum Gasteiger partial charge on any atom is 0.322 e. The summed E-state index contributed by atoms with van der Waals surface area (Å²) in [6, 6.07) is 8.39. The summed E-state index contributed by atoms with van der Waals surface area (Å²) in [6.07, 6.45) is 1.85. The number of imide groups is 1. The molecule has 5 heteroatoms. The molecule has 2 N–H and O–H groups in total. The number of hydrogen-bond acceptors (Lipinski definition) is 3. The fraction of sp³-hybridized carbons (Fsp3) is 0.308. The summed E-state index contributed by atoms with van der Waals surface area (Å²) in [5.41, 5.74) is 0.340. The summed E-state index contributed by atoms with van der Waals surface area (Å²) in [7, 11) is 0. The van der Waals surface area contributed by atoms with Crippen molar-refractivity contribution < 1.29 is 9.59 Å². The number of rotatable bonds is 2. The van der Waals surface area contributed by atoms with Gasteiger partial charge in [0.25, 0.3) is 5.91 Å². The molecule has 0 spiro atoms. The van der Waals surface area contributed by atoms with E-state index in [0.29, 0.717) is 5.56 Å². The number of hydrogen-bond donors (Lipinski definition) is 2. The van der Waals surface area contributed by atoms with Crippen LogP contribution in [0.15, 0.2) is 24.3 Å². The van der Waals surface area contributed by atoms with Gasteiger partial charge in [0.2, 0.25) is 0 Å². The van der Waals surface area contributed by atoms with Crippen LogP contribution >= 0.6 is 0 Å². The summed E-state index contributed by atoms with van der Waals surface area (Å²) >= 11 is 0. The fourth-order valence-corrected chi connectivity index (χ4v) is 2.52. The number of urea groups is 1. The number of carbonyl (C=O) groups is 2. The van der Waals surface area contributed by atoms with Crippen LogP contribution in [0.2, 0.25) is 0 Å². The van der Waals surface area contributed by atoms with Crippen molar-refractivity contribution in [2.75, 3.05) is 0 Å². The van der Waals surface area contributed by atoms with Gasteiger partial charge in [0.05, 0.1) is 11.6 Å². The molecule has 1 saturated carbocycles. The van der Waals surface area contributed by atoms with E-state index in [4.69, 9.17) is 5.26 Å². The largest absolute Gasteiger partial charge is 0.322 e. The molecule has 1 aromatic rings. The van der Waals surface area contributed by atoms with Crippen LogP contribution in [0.25, 0.3) is 0 Å². The van der Waals surface area contributed by atoms with Gasteiger partial charge in [-0.3, -0.25) is 10.1 Å². The van der Waals surface area contributed by atoms with Crippen molar-refractivity contribution in [3.63, 3.8) is 0 Å². The van der Waals surface area contributed by atoms with E-state index in [1.54, 1.807) is 24.3 Å². The average molecular weight is 241 g/mol. The molecule has 0 bridgehead atoms. The molecule has 1 heterocycles.